The van der Waals surface area contributed by atoms with Gasteiger partial charge in [-0.3, -0.25) is 0 Å². The van der Waals surface area contributed by atoms with Gasteiger partial charge in [0.1, 0.15) is 16.7 Å². The molecule has 7 aromatic carbocycles. The van der Waals surface area contributed by atoms with Gasteiger partial charge in [0.2, 0.25) is 5.89 Å². The highest BCUT2D eigenvalue weighted by atomic mass is 32.1. The molecule has 0 aliphatic carbocycles. The van der Waals surface area contributed by atoms with E-state index in [-0.39, 0.29) is 0 Å². The van der Waals surface area contributed by atoms with Crippen LogP contribution in [0.4, 0.5) is 0 Å². The van der Waals surface area contributed by atoms with Gasteiger partial charge in [-0.25, -0.2) is 19.9 Å². The number of aromatic nitrogens is 4. The van der Waals surface area contributed by atoms with E-state index in [1.165, 1.54) is 4.70 Å². The van der Waals surface area contributed by atoms with Gasteiger partial charge < -0.3 is 8.83 Å². The Bertz CT molecular complexity index is 3180. The number of benzene rings is 7. The maximum Gasteiger partial charge on any atom is 0.227 e. The number of oxazole rings is 1. The van der Waals surface area contributed by atoms with E-state index in [2.05, 4.69) is 60.7 Å². The molecule has 0 radical (unpaired) electrons. The third kappa shape index (κ3) is 4.79. The zero-order chi connectivity index (χ0) is 34.9. The summed E-state index contributed by atoms with van der Waals surface area (Å²) in [5.41, 5.74) is 8.83. The maximum atomic E-state index is 6.55. The van der Waals surface area contributed by atoms with Crippen LogP contribution in [0.1, 0.15) is 0 Å². The molecule has 0 bridgehead atoms. The summed E-state index contributed by atoms with van der Waals surface area (Å²) < 4.78 is 15.1. The second-order valence-electron chi connectivity index (χ2n) is 13.0. The molecule has 0 N–H and O–H groups in total. The van der Waals surface area contributed by atoms with Crippen LogP contribution in [-0.2, 0) is 0 Å². The predicted molar refractivity (Wildman–Crippen MR) is 215 cm³/mol. The molecule has 248 valence electrons. The van der Waals surface area contributed by atoms with Gasteiger partial charge >= 0.3 is 0 Å². The van der Waals surface area contributed by atoms with Gasteiger partial charge in [0.05, 0.1) is 0 Å². The van der Waals surface area contributed by atoms with Gasteiger partial charge in [-0.2, -0.15) is 0 Å². The van der Waals surface area contributed by atoms with Gasteiger partial charge in [-0.15, -0.1) is 11.3 Å². The van der Waals surface area contributed by atoms with E-state index < -0.39 is 0 Å². The van der Waals surface area contributed by atoms with Gasteiger partial charge in [0, 0.05) is 58.8 Å². The van der Waals surface area contributed by atoms with Crippen LogP contribution in [0.2, 0.25) is 0 Å². The van der Waals surface area contributed by atoms with Gasteiger partial charge in [0.25, 0.3) is 0 Å². The molecule has 11 aromatic rings. The number of hydrogen-bond acceptors (Lipinski definition) is 7. The smallest absolute Gasteiger partial charge is 0.227 e. The number of rotatable bonds is 5. The zero-order valence-electron chi connectivity index (χ0n) is 28.0. The van der Waals surface area contributed by atoms with Crippen molar-refractivity contribution in [3.63, 3.8) is 0 Å². The van der Waals surface area contributed by atoms with Gasteiger partial charge in [0.15, 0.2) is 23.1 Å². The standard InChI is InChI=1S/C46H26N4O2S/c1-3-14-27(15-4-1)43-48-44(50-45(49-43)33-22-13-24-36-39(33)31-20-9-11-23-35(31)51-36)30-19-8-7-18-29(30)34-26-37-41(47-46(52-37)28-16-5-2-6-17-28)40-32-21-10-12-25-38(32)53-42(34)40/h1-26H. The van der Waals surface area contributed by atoms with Crippen molar-refractivity contribution in [1.29, 1.82) is 0 Å². The van der Waals surface area contributed by atoms with E-state index in [1.807, 2.05) is 97.1 Å². The van der Waals surface area contributed by atoms with E-state index in [1.54, 1.807) is 11.3 Å². The average Bonchev–Trinajstić information content (AvgIpc) is 3.94. The number of fused-ring (bicyclic) bond motifs is 8. The molecule has 11 rings (SSSR count). The number of thiophene rings is 1. The van der Waals surface area contributed by atoms with Crippen molar-refractivity contribution in [3.05, 3.63) is 158 Å². The molecule has 0 aliphatic rings. The van der Waals surface area contributed by atoms with E-state index in [0.717, 1.165) is 81.9 Å². The fourth-order valence-corrected chi connectivity index (χ4v) is 8.62. The van der Waals surface area contributed by atoms with Crippen molar-refractivity contribution in [2.75, 3.05) is 0 Å². The predicted octanol–water partition coefficient (Wildman–Crippen LogP) is 12.6. The lowest BCUT2D eigenvalue weighted by atomic mass is 9.96. The maximum absolute atomic E-state index is 6.55. The highest BCUT2D eigenvalue weighted by molar-refractivity contribution is 7.26. The third-order valence-corrected chi connectivity index (χ3v) is 11.0. The molecule has 0 saturated carbocycles. The SMILES string of the molecule is c1ccc(-c2nc(-c3ccccc3-c3cc4oc(-c5ccccc5)nc4c4c3sc3ccccc34)nc(-c3cccc4oc5ccccc5c34)n2)cc1. The quantitative estimate of drug-likeness (QED) is 0.178. The van der Waals surface area contributed by atoms with Crippen molar-refractivity contribution < 1.29 is 8.83 Å². The zero-order valence-corrected chi connectivity index (χ0v) is 28.8. The molecular formula is C46H26N4O2S. The molecule has 0 atom stereocenters. The summed E-state index contributed by atoms with van der Waals surface area (Å²) in [7, 11) is 0. The van der Waals surface area contributed by atoms with Crippen LogP contribution >= 0.6 is 11.3 Å². The molecule has 4 heterocycles. The van der Waals surface area contributed by atoms with E-state index in [4.69, 9.17) is 28.8 Å². The first-order valence-corrected chi connectivity index (χ1v) is 18.2. The van der Waals surface area contributed by atoms with Crippen molar-refractivity contribution >= 4 is 64.5 Å². The van der Waals surface area contributed by atoms with E-state index >= 15 is 0 Å². The molecule has 0 amide bonds. The summed E-state index contributed by atoms with van der Waals surface area (Å²) >= 11 is 1.77. The lowest BCUT2D eigenvalue weighted by Gasteiger charge is -2.13. The molecule has 0 spiro atoms. The largest absolute Gasteiger partial charge is 0.456 e. The minimum absolute atomic E-state index is 0.575. The van der Waals surface area contributed by atoms with Crippen LogP contribution < -0.4 is 0 Å². The van der Waals surface area contributed by atoms with Crippen molar-refractivity contribution in [2.24, 2.45) is 0 Å². The van der Waals surface area contributed by atoms with Crippen LogP contribution in [0.3, 0.4) is 0 Å². The number of nitrogens with zero attached hydrogens (tertiary/aromatic N) is 4. The Labute approximate surface area is 306 Å². The Morgan fingerprint density at radius 1 is 0.396 bits per heavy atom. The Balaban J connectivity index is 1.18. The van der Waals surface area contributed by atoms with E-state index in [9.17, 15) is 0 Å². The average molecular weight is 699 g/mol. The van der Waals surface area contributed by atoms with Crippen molar-refractivity contribution in [1.82, 2.24) is 19.9 Å². The highest BCUT2D eigenvalue weighted by Gasteiger charge is 2.23. The third-order valence-electron chi connectivity index (χ3n) is 9.80. The Morgan fingerprint density at radius 2 is 1.02 bits per heavy atom. The summed E-state index contributed by atoms with van der Waals surface area (Å²) in [5, 5.41) is 4.23. The molecule has 7 heteroatoms. The fraction of sp³-hybridized carbons (Fsp3) is 0. The van der Waals surface area contributed by atoms with E-state index in [0.29, 0.717) is 23.4 Å². The van der Waals surface area contributed by atoms with Crippen LogP contribution in [0.15, 0.2) is 167 Å². The Morgan fingerprint density at radius 3 is 1.85 bits per heavy atom. The van der Waals surface area contributed by atoms with Crippen molar-refractivity contribution in [3.8, 4) is 56.7 Å². The second kappa shape index (κ2) is 11.8. The summed E-state index contributed by atoms with van der Waals surface area (Å²) in [6.45, 7) is 0. The molecule has 0 fully saturated rings. The first-order valence-electron chi connectivity index (χ1n) is 17.4. The summed E-state index contributed by atoms with van der Waals surface area (Å²) in [5.74, 6) is 2.34. The summed E-state index contributed by atoms with van der Waals surface area (Å²) in [6.07, 6.45) is 0. The Hall–Kier alpha value is -6.96. The number of hydrogen-bond donors (Lipinski definition) is 0. The topological polar surface area (TPSA) is 77.8 Å². The Kier molecular flexibility index (Phi) is 6.62. The lowest BCUT2D eigenvalue weighted by Crippen LogP contribution is -2.01. The minimum atomic E-state index is 0.575. The summed E-state index contributed by atoms with van der Waals surface area (Å²) in [6, 6.07) is 53.3. The molecular weight excluding hydrogens is 673 g/mol. The number of furan rings is 1. The molecule has 6 nitrogen and oxygen atoms in total. The molecule has 0 aliphatic heterocycles. The first kappa shape index (κ1) is 29.7. The molecule has 4 aromatic heterocycles. The van der Waals surface area contributed by atoms with Crippen LogP contribution in [0, 0.1) is 0 Å². The lowest BCUT2D eigenvalue weighted by molar-refractivity contribution is 0.620. The van der Waals surface area contributed by atoms with Gasteiger partial charge in [-0.1, -0.05) is 121 Å². The second-order valence-corrected chi connectivity index (χ2v) is 14.0. The summed E-state index contributed by atoms with van der Waals surface area (Å²) in [4.78, 5) is 20.6. The number of para-hydroxylation sites is 1. The van der Waals surface area contributed by atoms with Crippen LogP contribution in [0.25, 0.3) is 110 Å². The minimum Gasteiger partial charge on any atom is -0.456 e. The van der Waals surface area contributed by atoms with Crippen LogP contribution in [-0.4, -0.2) is 19.9 Å². The molecule has 53 heavy (non-hydrogen) atoms. The van der Waals surface area contributed by atoms with Crippen molar-refractivity contribution in [2.45, 2.75) is 0 Å². The van der Waals surface area contributed by atoms with Gasteiger partial charge in [-0.05, 0) is 42.0 Å². The monoisotopic (exact) mass is 698 g/mol. The molecule has 0 saturated heterocycles. The highest BCUT2D eigenvalue weighted by Crippen LogP contribution is 2.47. The normalized spacial score (nSPS) is 11.8. The molecule has 0 unspecified atom stereocenters. The van der Waals surface area contributed by atoms with Crippen LogP contribution in [0.5, 0.6) is 0 Å². The fourth-order valence-electron chi connectivity index (χ4n) is 7.39. The first-order chi connectivity index (χ1) is 26.3.